The Morgan fingerprint density at radius 2 is 1.93 bits per heavy atom. The van der Waals surface area contributed by atoms with Gasteiger partial charge < -0.3 is 10.1 Å². The van der Waals surface area contributed by atoms with Gasteiger partial charge in [-0.25, -0.2) is 14.5 Å². The quantitative estimate of drug-likeness (QED) is 0.667. The van der Waals surface area contributed by atoms with Crippen molar-refractivity contribution < 1.29 is 9.53 Å². The Labute approximate surface area is 175 Å². The smallest absolute Gasteiger partial charge is 0.415 e. The van der Waals surface area contributed by atoms with E-state index >= 15 is 0 Å². The molecule has 1 saturated heterocycles. The number of para-hydroxylation sites is 1. The van der Waals surface area contributed by atoms with Gasteiger partial charge in [-0.2, -0.15) is 4.98 Å². The molecule has 0 radical (unpaired) electrons. The number of hydrogen-bond donors (Lipinski definition) is 1. The second-order valence-electron chi connectivity index (χ2n) is 7.67. The van der Waals surface area contributed by atoms with Crippen LogP contribution in [0.15, 0.2) is 42.6 Å². The van der Waals surface area contributed by atoms with Gasteiger partial charge >= 0.3 is 6.09 Å². The predicted molar refractivity (Wildman–Crippen MR) is 113 cm³/mol. The highest BCUT2D eigenvalue weighted by molar-refractivity contribution is 5.89. The van der Waals surface area contributed by atoms with E-state index in [1.165, 1.54) is 0 Å². The molecular weight excluding hydrogens is 382 g/mol. The number of hydrogen-bond acceptors (Lipinski definition) is 7. The fraction of sp³-hybridized carbons (Fsp3) is 0.381. The molecule has 1 aliphatic heterocycles. The van der Waals surface area contributed by atoms with Crippen molar-refractivity contribution in [2.75, 3.05) is 16.8 Å². The zero-order valence-corrected chi connectivity index (χ0v) is 17.5. The standard InChI is InChI=1S/C21H25N7O2/c1-13(2)17-12-30-21(29)27(17)18-10-11-22-20(24-18)23-14(3)19-15(4)28(26-25-19)16-8-6-5-7-9-16/h5-11,13-14,17H,12H2,1-4H3,(H,22,23,24)/t14-,17+/m0/s1. The lowest BCUT2D eigenvalue weighted by molar-refractivity contribution is 0.177. The maximum Gasteiger partial charge on any atom is 0.415 e. The zero-order chi connectivity index (χ0) is 21.3. The molecule has 0 unspecified atom stereocenters. The van der Waals surface area contributed by atoms with Gasteiger partial charge in [0.15, 0.2) is 0 Å². The Morgan fingerprint density at radius 3 is 2.67 bits per heavy atom. The molecule has 0 spiro atoms. The number of cyclic esters (lactones) is 1. The fourth-order valence-electron chi connectivity index (χ4n) is 3.56. The van der Waals surface area contributed by atoms with Crippen LogP contribution in [-0.2, 0) is 4.74 Å². The minimum absolute atomic E-state index is 0.0503. The minimum Gasteiger partial charge on any atom is -0.447 e. The molecule has 4 rings (SSSR count). The van der Waals surface area contributed by atoms with Gasteiger partial charge in [-0.1, -0.05) is 37.3 Å². The van der Waals surface area contributed by atoms with Crippen molar-refractivity contribution in [1.29, 1.82) is 0 Å². The molecule has 1 aromatic carbocycles. The van der Waals surface area contributed by atoms with Crippen molar-refractivity contribution >= 4 is 17.9 Å². The minimum atomic E-state index is -0.381. The number of aromatic nitrogens is 5. The first-order valence-corrected chi connectivity index (χ1v) is 9.99. The first kappa shape index (κ1) is 19.8. The van der Waals surface area contributed by atoms with Crippen molar-refractivity contribution in [2.45, 2.75) is 39.8 Å². The van der Waals surface area contributed by atoms with Gasteiger partial charge in [0.1, 0.15) is 18.1 Å². The van der Waals surface area contributed by atoms with E-state index < -0.39 is 0 Å². The molecule has 156 valence electrons. The Hall–Kier alpha value is -3.49. The first-order chi connectivity index (χ1) is 14.5. The molecule has 9 nitrogen and oxygen atoms in total. The second-order valence-corrected chi connectivity index (χ2v) is 7.67. The monoisotopic (exact) mass is 407 g/mol. The first-order valence-electron chi connectivity index (χ1n) is 9.99. The normalized spacial score (nSPS) is 17.3. The number of amides is 1. The molecule has 0 saturated carbocycles. The average Bonchev–Trinajstić information content (AvgIpc) is 3.31. The van der Waals surface area contributed by atoms with E-state index in [-0.39, 0.29) is 24.1 Å². The summed E-state index contributed by atoms with van der Waals surface area (Å²) in [5, 5.41) is 11.9. The van der Waals surface area contributed by atoms with Gasteiger partial charge in [0.2, 0.25) is 5.95 Å². The third-order valence-electron chi connectivity index (χ3n) is 5.25. The van der Waals surface area contributed by atoms with Crippen molar-refractivity contribution in [1.82, 2.24) is 25.0 Å². The molecule has 0 bridgehead atoms. The number of nitrogens with zero attached hydrogens (tertiary/aromatic N) is 6. The summed E-state index contributed by atoms with van der Waals surface area (Å²) in [5.74, 6) is 1.18. The Bertz CT molecular complexity index is 1030. The highest BCUT2D eigenvalue weighted by Gasteiger charge is 2.37. The van der Waals surface area contributed by atoms with Crippen molar-refractivity contribution in [2.24, 2.45) is 5.92 Å². The molecule has 2 aromatic heterocycles. The van der Waals surface area contributed by atoms with Gasteiger partial charge in [0.05, 0.1) is 23.5 Å². The Morgan fingerprint density at radius 1 is 1.17 bits per heavy atom. The van der Waals surface area contributed by atoms with Crippen LogP contribution in [0.3, 0.4) is 0 Å². The average molecular weight is 407 g/mol. The molecule has 1 N–H and O–H groups in total. The van der Waals surface area contributed by atoms with Crippen LogP contribution in [0.2, 0.25) is 0 Å². The predicted octanol–water partition coefficient (Wildman–Crippen LogP) is 3.52. The van der Waals surface area contributed by atoms with Crippen LogP contribution in [-0.4, -0.2) is 43.7 Å². The van der Waals surface area contributed by atoms with Crippen LogP contribution in [0.4, 0.5) is 16.6 Å². The number of rotatable bonds is 6. The van der Waals surface area contributed by atoms with E-state index in [1.807, 2.05) is 44.2 Å². The lowest BCUT2D eigenvalue weighted by atomic mass is 10.0. The number of anilines is 2. The van der Waals surface area contributed by atoms with Crippen LogP contribution >= 0.6 is 0 Å². The van der Waals surface area contributed by atoms with Crippen molar-refractivity contribution in [3.63, 3.8) is 0 Å². The maximum absolute atomic E-state index is 12.2. The molecular formula is C21H25N7O2. The molecule has 2 atom stereocenters. The summed E-state index contributed by atoms with van der Waals surface area (Å²) in [6.07, 6.45) is 1.25. The van der Waals surface area contributed by atoms with Crippen LogP contribution in [0.1, 0.15) is 38.2 Å². The van der Waals surface area contributed by atoms with E-state index in [1.54, 1.807) is 21.8 Å². The topological polar surface area (TPSA) is 98.1 Å². The highest BCUT2D eigenvalue weighted by Crippen LogP contribution is 2.27. The third-order valence-corrected chi connectivity index (χ3v) is 5.25. The molecule has 3 heterocycles. The van der Waals surface area contributed by atoms with Crippen LogP contribution < -0.4 is 10.2 Å². The highest BCUT2D eigenvalue weighted by atomic mass is 16.6. The fourth-order valence-corrected chi connectivity index (χ4v) is 3.56. The van der Waals surface area contributed by atoms with Crippen LogP contribution in [0.25, 0.3) is 5.69 Å². The summed E-state index contributed by atoms with van der Waals surface area (Å²) in [6.45, 7) is 8.43. The number of ether oxygens (including phenoxy) is 1. The van der Waals surface area contributed by atoms with Crippen LogP contribution in [0, 0.1) is 12.8 Å². The van der Waals surface area contributed by atoms with Gasteiger partial charge in [0.25, 0.3) is 0 Å². The van der Waals surface area contributed by atoms with E-state index in [9.17, 15) is 4.79 Å². The summed E-state index contributed by atoms with van der Waals surface area (Å²) in [5.41, 5.74) is 2.68. The third kappa shape index (κ3) is 3.70. The summed E-state index contributed by atoms with van der Waals surface area (Å²) in [7, 11) is 0. The SMILES string of the molecule is Cc1c([C@H](C)Nc2nccc(N3C(=O)OC[C@@H]3C(C)C)n2)nnn1-c1ccccc1. The second kappa shape index (κ2) is 8.10. The molecule has 1 aliphatic rings. The Balaban J connectivity index is 1.55. The van der Waals surface area contributed by atoms with Gasteiger partial charge in [-0.05, 0) is 38.0 Å². The van der Waals surface area contributed by atoms with E-state index in [4.69, 9.17) is 4.74 Å². The molecule has 1 fully saturated rings. The summed E-state index contributed by atoms with van der Waals surface area (Å²) in [6, 6.07) is 11.3. The maximum atomic E-state index is 12.2. The number of carbonyl (C=O) groups excluding carboxylic acids is 1. The summed E-state index contributed by atoms with van der Waals surface area (Å²) < 4.78 is 7.03. The summed E-state index contributed by atoms with van der Waals surface area (Å²) in [4.78, 5) is 22.7. The molecule has 30 heavy (non-hydrogen) atoms. The van der Waals surface area contributed by atoms with E-state index in [2.05, 4.69) is 39.4 Å². The van der Waals surface area contributed by atoms with Gasteiger partial charge in [0, 0.05) is 6.20 Å². The summed E-state index contributed by atoms with van der Waals surface area (Å²) >= 11 is 0. The van der Waals surface area contributed by atoms with E-state index in [0.29, 0.717) is 18.4 Å². The number of benzene rings is 1. The molecule has 1 amide bonds. The molecule has 3 aromatic rings. The Kier molecular flexibility index (Phi) is 5.35. The van der Waals surface area contributed by atoms with Crippen LogP contribution in [0.5, 0.6) is 0 Å². The number of nitrogens with one attached hydrogen (secondary N) is 1. The largest absolute Gasteiger partial charge is 0.447 e. The van der Waals surface area contributed by atoms with E-state index in [0.717, 1.165) is 17.1 Å². The number of carbonyl (C=O) groups is 1. The van der Waals surface area contributed by atoms with Gasteiger partial charge in [-0.15, -0.1) is 5.10 Å². The molecule has 9 heteroatoms. The lowest BCUT2D eigenvalue weighted by Gasteiger charge is -2.23. The van der Waals surface area contributed by atoms with Crippen molar-refractivity contribution in [3.05, 3.63) is 54.0 Å². The van der Waals surface area contributed by atoms with Crippen molar-refractivity contribution in [3.8, 4) is 5.69 Å². The van der Waals surface area contributed by atoms with Gasteiger partial charge in [-0.3, -0.25) is 4.90 Å². The molecule has 0 aliphatic carbocycles. The zero-order valence-electron chi connectivity index (χ0n) is 17.5. The lowest BCUT2D eigenvalue weighted by Crippen LogP contribution is -2.37.